The van der Waals surface area contributed by atoms with E-state index in [0.717, 1.165) is 14.8 Å². The topological polar surface area (TPSA) is 87.7 Å². The molecule has 2 aromatic heterocycles. The third-order valence-electron chi connectivity index (χ3n) is 1.96. The molecule has 0 aliphatic rings. The van der Waals surface area contributed by atoms with E-state index in [-0.39, 0.29) is 18.2 Å². The fourth-order valence-electron chi connectivity index (χ4n) is 1.23. The smallest absolute Gasteiger partial charge is 0.227 e. The second-order valence-corrected chi connectivity index (χ2v) is 5.25. The zero-order chi connectivity index (χ0) is 12.3. The predicted molar refractivity (Wildman–Crippen MR) is 79.7 cm³/mol. The minimum Gasteiger partial charge on any atom is -0.383 e. The molecule has 2 rings (SSSR count). The Hall–Kier alpha value is -1.31. The van der Waals surface area contributed by atoms with Gasteiger partial charge in [-0.15, -0.1) is 35.5 Å². The van der Waals surface area contributed by atoms with Crippen LogP contribution in [0.2, 0.25) is 0 Å². The number of hydrogen-bond donors (Lipinski definition) is 3. The number of halogens is 1. The molecule has 18 heavy (non-hydrogen) atoms. The number of amidine groups is 1. The molecule has 0 unspecified atom stereocenters. The molecule has 2 heterocycles. The number of thioether (sulfide) groups is 1. The maximum atomic E-state index is 7.42. The zero-order valence-corrected chi connectivity index (χ0v) is 12.0. The lowest BCUT2D eigenvalue weighted by molar-refractivity contribution is 1.16. The number of nitrogens with two attached hydrogens (primary N) is 1. The molecule has 0 fully saturated rings. The van der Waals surface area contributed by atoms with E-state index in [1.54, 1.807) is 30.2 Å². The average molecular weight is 302 g/mol. The van der Waals surface area contributed by atoms with Gasteiger partial charge in [-0.1, -0.05) is 0 Å². The van der Waals surface area contributed by atoms with Gasteiger partial charge in [-0.3, -0.25) is 5.41 Å². The van der Waals surface area contributed by atoms with Crippen LogP contribution in [0.25, 0.3) is 0 Å². The van der Waals surface area contributed by atoms with Gasteiger partial charge in [-0.05, 0) is 18.4 Å². The van der Waals surface area contributed by atoms with Gasteiger partial charge < -0.3 is 11.1 Å². The molecular weight excluding hydrogens is 290 g/mol. The molecule has 0 saturated carbocycles. The Bertz CT molecular complexity index is 528. The summed E-state index contributed by atoms with van der Waals surface area (Å²) < 4.78 is 1.06. The van der Waals surface area contributed by atoms with E-state index < -0.39 is 0 Å². The molecule has 0 aliphatic carbocycles. The summed E-state index contributed by atoms with van der Waals surface area (Å²) in [5.41, 5.74) is 6.36. The minimum atomic E-state index is 0. The highest BCUT2D eigenvalue weighted by Gasteiger charge is 2.10. The highest BCUT2D eigenvalue weighted by atomic mass is 35.5. The molecule has 4 N–H and O–H groups in total. The molecule has 0 amide bonds. The molecule has 0 radical (unpaired) electrons. The van der Waals surface area contributed by atoms with Crippen LogP contribution in [0.5, 0.6) is 0 Å². The lowest BCUT2D eigenvalue weighted by Gasteiger charge is -2.02. The third-order valence-corrected chi connectivity index (χ3v) is 4.26. The molecule has 0 aliphatic heterocycles. The number of hydrogen-bond acceptors (Lipinski definition) is 6. The van der Waals surface area contributed by atoms with E-state index in [9.17, 15) is 0 Å². The van der Waals surface area contributed by atoms with Gasteiger partial charge in [0.2, 0.25) is 5.95 Å². The second kappa shape index (κ2) is 6.58. The van der Waals surface area contributed by atoms with Crippen LogP contribution in [0, 0.1) is 5.41 Å². The van der Waals surface area contributed by atoms with Crippen LogP contribution in [0.4, 0.5) is 11.6 Å². The van der Waals surface area contributed by atoms with Gasteiger partial charge in [0.25, 0.3) is 0 Å². The number of nitrogens with zero attached hydrogens (tertiary/aromatic N) is 2. The standard InChI is InChI=1S/C10H11N5S2.ClH/c1-16-9-6(5-7(17-9)8(11)12)15-10-13-3-2-4-14-10;/h2-5H,1H3,(H3,11,12)(H,13,14,15);1H. The number of rotatable bonds is 4. The number of anilines is 2. The summed E-state index contributed by atoms with van der Waals surface area (Å²) in [5.74, 6) is 0.614. The molecular formula is C10H12ClN5S2. The van der Waals surface area contributed by atoms with Gasteiger partial charge in [-0.25, -0.2) is 9.97 Å². The SMILES string of the molecule is CSc1sc(C(=N)N)cc1Nc1ncccn1.Cl. The van der Waals surface area contributed by atoms with Crippen LogP contribution in [0.15, 0.2) is 28.7 Å². The van der Waals surface area contributed by atoms with Crippen molar-refractivity contribution in [3.05, 3.63) is 29.4 Å². The largest absolute Gasteiger partial charge is 0.383 e. The summed E-state index contributed by atoms with van der Waals surface area (Å²) in [7, 11) is 0. The molecule has 8 heteroatoms. The molecule has 5 nitrogen and oxygen atoms in total. The van der Waals surface area contributed by atoms with Crippen molar-refractivity contribution in [2.24, 2.45) is 5.73 Å². The first-order chi connectivity index (χ1) is 8.20. The van der Waals surface area contributed by atoms with Crippen LogP contribution < -0.4 is 11.1 Å². The fourth-order valence-corrected chi connectivity index (χ4v) is 2.87. The van der Waals surface area contributed by atoms with E-state index in [1.165, 1.54) is 11.3 Å². The molecule has 2 aromatic rings. The van der Waals surface area contributed by atoms with Crippen LogP contribution in [-0.2, 0) is 0 Å². The lowest BCUT2D eigenvalue weighted by Crippen LogP contribution is -2.08. The maximum Gasteiger partial charge on any atom is 0.227 e. The molecule has 0 saturated heterocycles. The maximum absolute atomic E-state index is 7.42. The van der Waals surface area contributed by atoms with Gasteiger partial charge in [0, 0.05) is 12.4 Å². The summed E-state index contributed by atoms with van der Waals surface area (Å²) in [6, 6.07) is 3.60. The van der Waals surface area contributed by atoms with Crippen LogP contribution in [0.3, 0.4) is 0 Å². The normalized spacial score (nSPS) is 9.61. The van der Waals surface area contributed by atoms with Gasteiger partial charge in [0.05, 0.1) is 14.8 Å². The van der Waals surface area contributed by atoms with Gasteiger partial charge in [-0.2, -0.15) is 0 Å². The monoisotopic (exact) mass is 301 g/mol. The molecule has 0 spiro atoms. The van der Waals surface area contributed by atoms with Gasteiger partial charge in [0.1, 0.15) is 5.84 Å². The summed E-state index contributed by atoms with van der Waals surface area (Å²) in [5, 5.41) is 10.5. The number of thiophene rings is 1. The van der Waals surface area contributed by atoms with Crippen molar-refractivity contribution in [3.8, 4) is 0 Å². The lowest BCUT2D eigenvalue weighted by atomic mass is 10.4. The van der Waals surface area contributed by atoms with E-state index in [1.807, 2.05) is 12.3 Å². The zero-order valence-electron chi connectivity index (χ0n) is 9.51. The van der Waals surface area contributed by atoms with Crippen molar-refractivity contribution in [1.29, 1.82) is 5.41 Å². The van der Waals surface area contributed by atoms with Gasteiger partial charge in [0.15, 0.2) is 0 Å². The Morgan fingerprint density at radius 2 is 2.11 bits per heavy atom. The number of nitrogens with one attached hydrogen (secondary N) is 2. The highest BCUT2D eigenvalue weighted by Crippen LogP contribution is 2.35. The molecule has 0 aromatic carbocycles. The van der Waals surface area contributed by atoms with Crippen molar-refractivity contribution < 1.29 is 0 Å². The second-order valence-electron chi connectivity index (χ2n) is 3.13. The first-order valence-electron chi connectivity index (χ1n) is 4.77. The first kappa shape index (κ1) is 14.7. The minimum absolute atomic E-state index is 0. The predicted octanol–water partition coefficient (Wildman–Crippen LogP) is 2.71. The Labute approximate surface area is 119 Å². The Balaban J connectivity index is 0.00000162. The van der Waals surface area contributed by atoms with Crippen molar-refractivity contribution in [1.82, 2.24) is 9.97 Å². The van der Waals surface area contributed by atoms with E-state index in [2.05, 4.69) is 15.3 Å². The number of nitrogen functional groups attached to an aromatic ring is 1. The van der Waals surface area contributed by atoms with Crippen molar-refractivity contribution in [3.63, 3.8) is 0 Å². The summed E-state index contributed by atoms with van der Waals surface area (Å²) >= 11 is 3.08. The molecule has 0 atom stereocenters. The van der Waals surface area contributed by atoms with E-state index in [0.29, 0.717) is 5.95 Å². The van der Waals surface area contributed by atoms with Crippen LogP contribution in [-0.4, -0.2) is 22.1 Å². The fraction of sp³-hybridized carbons (Fsp3) is 0.100. The third kappa shape index (κ3) is 3.34. The van der Waals surface area contributed by atoms with Crippen LogP contribution in [0.1, 0.15) is 4.88 Å². The van der Waals surface area contributed by atoms with Crippen molar-refractivity contribution in [2.75, 3.05) is 11.6 Å². The first-order valence-corrected chi connectivity index (χ1v) is 6.81. The van der Waals surface area contributed by atoms with Crippen molar-refractivity contribution in [2.45, 2.75) is 4.21 Å². The number of aromatic nitrogens is 2. The summed E-state index contributed by atoms with van der Waals surface area (Å²) in [6.07, 6.45) is 5.32. The Morgan fingerprint density at radius 1 is 1.44 bits per heavy atom. The van der Waals surface area contributed by atoms with E-state index >= 15 is 0 Å². The average Bonchev–Trinajstić information content (AvgIpc) is 2.74. The summed E-state index contributed by atoms with van der Waals surface area (Å²) in [6.45, 7) is 0. The molecule has 0 bridgehead atoms. The Morgan fingerprint density at radius 3 is 2.67 bits per heavy atom. The summed E-state index contributed by atoms with van der Waals surface area (Å²) in [4.78, 5) is 8.93. The quantitative estimate of drug-likeness (QED) is 0.459. The molecule has 96 valence electrons. The van der Waals surface area contributed by atoms with Crippen molar-refractivity contribution >= 4 is 53.0 Å². The Kier molecular flexibility index (Phi) is 5.39. The highest BCUT2D eigenvalue weighted by molar-refractivity contribution is 8.00. The van der Waals surface area contributed by atoms with Crippen LogP contribution >= 0.6 is 35.5 Å². The van der Waals surface area contributed by atoms with Gasteiger partial charge >= 0.3 is 0 Å². The van der Waals surface area contributed by atoms with E-state index in [4.69, 9.17) is 11.1 Å².